The summed E-state index contributed by atoms with van der Waals surface area (Å²) in [6.07, 6.45) is 2.67. The van der Waals surface area contributed by atoms with Crippen LogP contribution in [0.25, 0.3) is 0 Å². The van der Waals surface area contributed by atoms with Crippen molar-refractivity contribution < 1.29 is 14.3 Å². The zero-order chi connectivity index (χ0) is 18.7. The van der Waals surface area contributed by atoms with Gasteiger partial charge in [-0.15, -0.1) is 0 Å². The molecule has 0 aliphatic heterocycles. The van der Waals surface area contributed by atoms with Gasteiger partial charge in [-0.25, -0.2) is 14.6 Å². The van der Waals surface area contributed by atoms with Crippen LogP contribution in [0.2, 0.25) is 0 Å². The summed E-state index contributed by atoms with van der Waals surface area (Å²) in [6, 6.07) is 0. The molecule has 2 aromatic rings. The van der Waals surface area contributed by atoms with Crippen molar-refractivity contribution in [2.45, 2.75) is 38.1 Å². The van der Waals surface area contributed by atoms with Gasteiger partial charge in [-0.05, 0) is 33.1 Å². The van der Waals surface area contributed by atoms with Crippen molar-refractivity contribution in [3.05, 3.63) is 32.3 Å². The predicted molar refractivity (Wildman–Crippen MR) is 99.0 cm³/mol. The van der Waals surface area contributed by atoms with E-state index in [9.17, 15) is 14.4 Å². The largest absolute Gasteiger partial charge is 0.462 e. The molecule has 10 heteroatoms. The van der Waals surface area contributed by atoms with Crippen molar-refractivity contribution in [2.75, 3.05) is 17.7 Å². The van der Waals surface area contributed by atoms with Crippen molar-refractivity contribution in [3.8, 4) is 0 Å². The number of hydrogen-bond acceptors (Lipinski definition) is 8. The first-order chi connectivity index (χ1) is 12.5. The number of amides is 1. The van der Waals surface area contributed by atoms with Gasteiger partial charge in [0, 0.05) is 11.3 Å². The van der Waals surface area contributed by atoms with Crippen LogP contribution in [0.15, 0.2) is 9.82 Å². The molecule has 0 fully saturated rings. The van der Waals surface area contributed by atoms with Crippen LogP contribution in [0, 0.1) is 6.92 Å². The van der Waals surface area contributed by atoms with Gasteiger partial charge in [0.25, 0.3) is 0 Å². The van der Waals surface area contributed by atoms with E-state index in [4.69, 9.17) is 4.74 Å². The number of nitrogens with one attached hydrogen (secondary N) is 2. The van der Waals surface area contributed by atoms with Crippen molar-refractivity contribution in [1.29, 1.82) is 0 Å². The lowest BCUT2D eigenvalue weighted by Crippen LogP contribution is -2.17. The summed E-state index contributed by atoms with van der Waals surface area (Å²) < 4.78 is 4.96. The summed E-state index contributed by atoms with van der Waals surface area (Å²) in [5, 5.41) is 3.64. The van der Waals surface area contributed by atoms with Crippen LogP contribution in [0.5, 0.6) is 0 Å². The third kappa shape index (κ3) is 4.13. The van der Waals surface area contributed by atoms with E-state index in [1.807, 2.05) is 0 Å². The molecule has 138 valence electrons. The highest BCUT2D eigenvalue weighted by Crippen LogP contribution is 2.28. The molecular formula is C16H18N4O4S2. The van der Waals surface area contributed by atoms with Crippen molar-refractivity contribution >= 4 is 40.1 Å². The number of carbonyl (C=O) groups excluding carboxylic acids is 2. The second kappa shape index (κ2) is 8.00. The molecule has 8 nitrogen and oxygen atoms in total. The molecule has 0 atom stereocenters. The lowest BCUT2D eigenvalue weighted by molar-refractivity contribution is -0.113. The minimum Gasteiger partial charge on any atom is -0.462 e. The van der Waals surface area contributed by atoms with Gasteiger partial charge in [-0.1, -0.05) is 23.1 Å². The molecule has 3 rings (SSSR count). The fourth-order valence-corrected chi connectivity index (χ4v) is 4.44. The molecule has 1 aliphatic rings. The second-order valence-corrected chi connectivity index (χ2v) is 7.61. The number of aromatic amines is 1. The molecule has 2 N–H and O–H groups in total. The number of aryl methyl sites for hydroxylation is 2. The Kier molecular flexibility index (Phi) is 5.72. The number of aromatic nitrogens is 3. The highest BCUT2D eigenvalue weighted by Gasteiger charge is 2.20. The Morgan fingerprint density at radius 3 is 2.92 bits per heavy atom. The maximum absolute atomic E-state index is 12.2. The van der Waals surface area contributed by atoms with E-state index < -0.39 is 5.97 Å². The number of thiazole rings is 1. The number of ether oxygens (including phenoxy) is 1. The molecule has 0 spiro atoms. The maximum Gasteiger partial charge on any atom is 0.350 e. The molecule has 0 radical (unpaired) electrons. The number of thioether (sulfide) groups is 1. The summed E-state index contributed by atoms with van der Waals surface area (Å²) in [5.41, 5.74) is 2.08. The predicted octanol–water partition coefficient (Wildman–Crippen LogP) is 1.93. The zero-order valence-electron chi connectivity index (χ0n) is 14.4. The first-order valence-corrected chi connectivity index (χ1v) is 9.97. The van der Waals surface area contributed by atoms with Crippen LogP contribution >= 0.6 is 23.1 Å². The monoisotopic (exact) mass is 394 g/mol. The van der Waals surface area contributed by atoms with E-state index in [-0.39, 0.29) is 24.0 Å². The Morgan fingerprint density at radius 1 is 1.35 bits per heavy atom. The van der Waals surface area contributed by atoms with Crippen LogP contribution in [0.1, 0.15) is 40.0 Å². The van der Waals surface area contributed by atoms with Gasteiger partial charge in [0.15, 0.2) is 5.13 Å². The van der Waals surface area contributed by atoms with Gasteiger partial charge < -0.3 is 15.0 Å². The molecule has 2 heterocycles. The summed E-state index contributed by atoms with van der Waals surface area (Å²) in [4.78, 5) is 46.9. The molecule has 26 heavy (non-hydrogen) atoms. The molecular weight excluding hydrogens is 376 g/mol. The smallest absolute Gasteiger partial charge is 0.350 e. The normalized spacial score (nSPS) is 12.7. The van der Waals surface area contributed by atoms with Gasteiger partial charge in [0.1, 0.15) is 9.90 Å². The van der Waals surface area contributed by atoms with Crippen LogP contribution in [-0.4, -0.2) is 39.2 Å². The highest BCUT2D eigenvalue weighted by molar-refractivity contribution is 8.00. The van der Waals surface area contributed by atoms with Crippen molar-refractivity contribution in [3.63, 3.8) is 0 Å². The number of rotatable bonds is 6. The number of anilines is 1. The second-order valence-electron chi connectivity index (χ2n) is 5.65. The maximum atomic E-state index is 12.2. The topological polar surface area (TPSA) is 114 Å². The van der Waals surface area contributed by atoms with Gasteiger partial charge in [0.2, 0.25) is 5.91 Å². The molecule has 0 bridgehead atoms. The Bertz CT molecular complexity index is 906. The zero-order valence-corrected chi connectivity index (χ0v) is 16.0. The Morgan fingerprint density at radius 2 is 2.15 bits per heavy atom. The van der Waals surface area contributed by atoms with Gasteiger partial charge >= 0.3 is 11.7 Å². The van der Waals surface area contributed by atoms with E-state index in [0.29, 0.717) is 20.7 Å². The third-order valence-electron chi connectivity index (χ3n) is 3.78. The molecule has 0 aromatic carbocycles. The molecule has 2 aromatic heterocycles. The van der Waals surface area contributed by atoms with Crippen LogP contribution < -0.4 is 11.0 Å². The van der Waals surface area contributed by atoms with Gasteiger partial charge in [-0.3, -0.25) is 4.79 Å². The van der Waals surface area contributed by atoms with Crippen LogP contribution in [0.4, 0.5) is 5.13 Å². The van der Waals surface area contributed by atoms with E-state index in [2.05, 4.69) is 20.3 Å². The lowest BCUT2D eigenvalue weighted by atomic mass is 10.3. The highest BCUT2D eigenvalue weighted by atomic mass is 32.2. The number of nitrogens with zero attached hydrogens (tertiary/aromatic N) is 2. The molecule has 0 saturated heterocycles. The summed E-state index contributed by atoms with van der Waals surface area (Å²) in [7, 11) is 0. The lowest BCUT2D eigenvalue weighted by Gasteiger charge is -2.06. The number of carbonyl (C=O) groups is 2. The Hall–Kier alpha value is -2.20. The summed E-state index contributed by atoms with van der Waals surface area (Å²) >= 11 is 2.32. The summed E-state index contributed by atoms with van der Waals surface area (Å²) in [6.45, 7) is 3.70. The van der Waals surface area contributed by atoms with Gasteiger partial charge in [0.05, 0.1) is 18.1 Å². The van der Waals surface area contributed by atoms with E-state index in [1.165, 1.54) is 11.8 Å². The van der Waals surface area contributed by atoms with Crippen molar-refractivity contribution in [1.82, 2.24) is 15.0 Å². The van der Waals surface area contributed by atoms with Crippen LogP contribution in [0.3, 0.4) is 0 Å². The number of hydrogen-bond donors (Lipinski definition) is 2. The Balaban J connectivity index is 1.63. The third-order valence-corrected chi connectivity index (χ3v) is 5.85. The molecule has 1 aliphatic carbocycles. The number of H-pyrrole nitrogens is 1. The summed E-state index contributed by atoms with van der Waals surface area (Å²) in [5.74, 6) is -0.607. The first kappa shape index (κ1) is 18.6. The van der Waals surface area contributed by atoms with Gasteiger partial charge in [-0.2, -0.15) is 4.98 Å². The Labute approximate surface area is 157 Å². The van der Waals surface area contributed by atoms with E-state index in [0.717, 1.165) is 41.9 Å². The fourth-order valence-electron chi connectivity index (χ4n) is 2.68. The van der Waals surface area contributed by atoms with E-state index in [1.54, 1.807) is 13.8 Å². The average Bonchev–Trinajstić information content (AvgIpc) is 3.19. The molecule has 1 amide bonds. The average molecular weight is 394 g/mol. The van der Waals surface area contributed by atoms with Crippen molar-refractivity contribution in [2.24, 2.45) is 0 Å². The van der Waals surface area contributed by atoms with Crippen LogP contribution in [-0.2, 0) is 22.4 Å². The fraction of sp³-hybridized carbons (Fsp3) is 0.438. The number of esters is 1. The minimum atomic E-state index is -0.444. The molecule has 0 saturated carbocycles. The number of fused-ring (bicyclic) bond motifs is 1. The quantitative estimate of drug-likeness (QED) is 0.437. The first-order valence-electron chi connectivity index (χ1n) is 8.17. The SMILES string of the molecule is CCOC(=O)c1sc(NC(=O)CSc2nc(=O)[nH]c3c2CCC3)nc1C. The molecule has 0 unspecified atom stereocenters. The minimum absolute atomic E-state index is 0.107. The standard InChI is InChI=1S/C16H18N4O4S2/c1-3-24-14(22)12-8(2)17-16(26-12)19-11(21)7-25-13-9-5-4-6-10(9)18-15(23)20-13/h3-7H2,1-2H3,(H,17,19,21)(H,18,20,23). The van der Waals surface area contributed by atoms with E-state index >= 15 is 0 Å².